The maximum atomic E-state index is 12.6. The van der Waals surface area contributed by atoms with Crippen molar-refractivity contribution in [1.29, 1.82) is 0 Å². The lowest BCUT2D eigenvalue weighted by Crippen LogP contribution is -2.55. The van der Waals surface area contributed by atoms with E-state index in [0.717, 1.165) is 32.1 Å². The van der Waals surface area contributed by atoms with Crippen LogP contribution in [0.3, 0.4) is 0 Å². The van der Waals surface area contributed by atoms with Gasteiger partial charge in [0.2, 0.25) is 0 Å². The molecule has 54 heavy (non-hydrogen) atoms. The van der Waals surface area contributed by atoms with Crippen molar-refractivity contribution < 1.29 is 38.2 Å². The number of carboxylic acids is 1. The van der Waals surface area contributed by atoms with E-state index in [1.54, 1.807) is 21.1 Å². The van der Waals surface area contributed by atoms with Gasteiger partial charge in [0.05, 0.1) is 40.3 Å². The van der Waals surface area contributed by atoms with Gasteiger partial charge in [-0.3, -0.25) is 9.59 Å². The molecule has 0 rings (SSSR count). The van der Waals surface area contributed by atoms with Gasteiger partial charge in [-0.15, -0.1) is 0 Å². The summed E-state index contributed by atoms with van der Waals surface area (Å²) in [7, 11) is 5.37. The first-order valence-electron chi connectivity index (χ1n) is 21.4. The van der Waals surface area contributed by atoms with E-state index in [-0.39, 0.29) is 49.1 Å². The number of nitrogens with zero attached hydrogens (tertiary/aromatic N) is 1. The summed E-state index contributed by atoms with van der Waals surface area (Å²) in [5, 5.41) is 11.6. The van der Waals surface area contributed by atoms with Crippen LogP contribution >= 0.6 is 0 Å². The number of unbranched alkanes of at least 4 members (excludes halogenated alkanes) is 17. The fourth-order valence-electron chi connectivity index (χ4n) is 5.98. The van der Waals surface area contributed by atoms with Crippen LogP contribution in [0.1, 0.15) is 162 Å². The van der Waals surface area contributed by atoms with Crippen molar-refractivity contribution in [1.82, 2.24) is 0 Å². The highest BCUT2D eigenvalue weighted by molar-refractivity contribution is 5.70. The second kappa shape index (κ2) is 37.0. The van der Waals surface area contributed by atoms with Gasteiger partial charge in [-0.2, -0.15) is 0 Å². The Hall–Kier alpha value is -2.97. The molecule has 0 saturated heterocycles. The zero-order valence-corrected chi connectivity index (χ0v) is 35.1. The van der Waals surface area contributed by atoms with E-state index in [4.69, 9.17) is 14.2 Å². The third kappa shape index (κ3) is 34.8. The molecule has 0 aliphatic rings. The van der Waals surface area contributed by atoms with E-state index >= 15 is 0 Å². The first-order valence-corrected chi connectivity index (χ1v) is 21.4. The summed E-state index contributed by atoms with van der Waals surface area (Å²) in [4.78, 5) is 36.7. The Kier molecular flexibility index (Phi) is 34.9. The summed E-state index contributed by atoms with van der Waals surface area (Å²) in [5.41, 5.74) is 0. The highest BCUT2D eigenvalue weighted by Gasteiger charge is 2.25. The Balaban J connectivity index is 4.42. The summed E-state index contributed by atoms with van der Waals surface area (Å²) in [6.45, 7) is 4.43. The van der Waals surface area contributed by atoms with Crippen molar-refractivity contribution in [2.75, 3.05) is 41.0 Å². The summed E-state index contributed by atoms with van der Waals surface area (Å²) in [6, 6.07) is -0.739. The zero-order valence-electron chi connectivity index (χ0n) is 35.1. The number of carboxylic acid groups (broad SMARTS) is 1. The van der Waals surface area contributed by atoms with Crippen LogP contribution in [-0.2, 0) is 28.6 Å². The number of hydrogen-bond acceptors (Lipinski definition) is 7. The molecule has 0 aromatic heterocycles. The molecule has 0 N–H and O–H groups in total. The highest BCUT2D eigenvalue weighted by Crippen LogP contribution is 2.15. The van der Waals surface area contributed by atoms with Gasteiger partial charge in [-0.05, 0) is 25.7 Å². The van der Waals surface area contributed by atoms with Crippen LogP contribution in [0.15, 0.2) is 60.8 Å². The zero-order chi connectivity index (χ0) is 40.0. The van der Waals surface area contributed by atoms with Crippen LogP contribution in [0, 0.1) is 0 Å². The highest BCUT2D eigenvalue weighted by atomic mass is 16.6. The minimum atomic E-state index is -1.14. The molecule has 2 unspecified atom stereocenters. The SMILES string of the molecule is CC/C=C/C=C/C=C/C=C/C=C/CCCC(=O)OC(COCCC(C(=O)[O-])[N+](C)(C)C)COC(=O)CCCCCCCCCCCCCCCCCCC. The first-order chi connectivity index (χ1) is 26.1. The summed E-state index contributed by atoms with van der Waals surface area (Å²) >= 11 is 0. The average Bonchev–Trinajstić information content (AvgIpc) is 3.12. The lowest BCUT2D eigenvalue weighted by Gasteiger charge is -2.34. The van der Waals surface area contributed by atoms with Gasteiger partial charge in [-0.25, -0.2) is 0 Å². The van der Waals surface area contributed by atoms with Gasteiger partial charge in [-0.1, -0.05) is 177 Å². The lowest BCUT2D eigenvalue weighted by molar-refractivity contribution is -0.889. The molecule has 0 spiro atoms. The summed E-state index contributed by atoms with van der Waals surface area (Å²) in [6.07, 6.45) is 44.0. The molecule has 0 aliphatic heterocycles. The standard InChI is InChI=1S/C46H79NO7/c1-6-8-10-12-14-16-18-20-21-22-23-25-26-28-30-32-34-36-44(48)53-41-42(40-52-39-38-43(46(50)51)47(3,4)5)54-45(49)37-35-33-31-29-27-24-19-17-15-13-11-9-7-2/h9,11,13,15,17,19,24,27,29,31,42-43H,6-8,10,12,14,16,18,20-23,25-26,28,30,32-41H2,1-5H3/b11-9+,15-13+,19-17+,27-24+,31-29+. The summed E-state index contributed by atoms with van der Waals surface area (Å²) < 4.78 is 17.1. The predicted octanol–water partition coefficient (Wildman–Crippen LogP) is 10.1. The number of hydrogen-bond donors (Lipinski definition) is 0. The predicted molar refractivity (Wildman–Crippen MR) is 222 cm³/mol. The van der Waals surface area contributed by atoms with Crippen LogP contribution in [0.2, 0.25) is 0 Å². The van der Waals surface area contributed by atoms with Crippen molar-refractivity contribution in [3.63, 3.8) is 0 Å². The Morgan fingerprint density at radius 1 is 0.574 bits per heavy atom. The Labute approximate surface area is 330 Å². The van der Waals surface area contributed by atoms with Crippen LogP contribution < -0.4 is 5.11 Å². The molecule has 0 aliphatic carbocycles. The normalized spacial score (nSPS) is 13.6. The Morgan fingerprint density at radius 2 is 1.04 bits per heavy atom. The molecule has 0 aromatic rings. The first kappa shape index (κ1) is 51.0. The van der Waals surface area contributed by atoms with Gasteiger partial charge in [0.15, 0.2) is 6.10 Å². The van der Waals surface area contributed by atoms with Crippen LogP contribution in [0.25, 0.3) is 0 Å². The topological polar surface area (TPSA) is 102 Å². The van der Waals surface area contributed by atoms with Crippen molar-refractivity contribution in [3.8, 4) is 0 Å². The fraction of sp³-hybridized carbons (Fsp3) is 0.717. The minimum absolute atomic E-state index is 0.0113. The van der Waals surface area contributed by atoms with E-state index < -0.39 is 18.1 Å². The number of aliphatic carboxylic acids is 1. The van der Waals surface area contributed by atoms with Crippen molar-refractivity contribution in [2.45, 2.75) is 174 Å². The van der Waals surface area contributed by atoms with Gasteiger partial charge in [0.25, 0.3) is 0 Å². The van der Waals surface area contributed by atoms with Crippen LogP contribution in [0.4, 0.5) is 0 Å². The van der Waals surface area contributed by atoms with E-state index in [9.17, 15) is 19.5 Å². The molecule has 8 heteroatoms. The maximum Gasteiger partial charge on any atom is 0.306 e. The molecular formula is C46H79NO7. The van der Waals surface area contributed by atoms with E-state index in [2.05, 4.69) is 19.9 Å². The molecule has 0 fully saturated rings. The second-order valence-electron chi connectivity index (χ2n) is 15.3. The maximum absolute atomic E-state index is 12.6. The second-order valence-corrected chi connectivity index (χ2v) is 15.3. The summed E-state index contributed by atoms with van der Waals surface area (Å²) in [5.74, 6) is -1.83. The van der Waals surface area contributed by atoms with Gasteiger partial charge < -0.3 is 28.6 Å². The van der Waals surface area contributed by atoms with E-state index in [1.807, 2.05) is 54.7 Å². The van der Waals surface area contributed by atoms with Gasteiger partial charge in [0.1, 0.15) is 12.6 Å². The van der Waals surface area contributed by atoms with Crippen LogP contribution in [0.5, 0.6) is 0 Å². The molecule has 0 bridgehead atoms. The number of quaternary nitrogens is 1. The molecule has 0 amide bonds. The Morgan fingerprint density at radius 3 is 1.52 bits per heavy atom. The molecule has 8 nitrogen and oxygen atoms in total. The fourth-order valence-corrected chi connectivity index (χ4v) is 5.98. The van der Waals surface area contributed by atoms with Crippen LogP contribution in [-0.4, -0.2) is 75.5 Å². The van der Waals surface area contributed by atoms with E-state index in [1.165, 1.54) is 89.9 Å². The molecule has 2 atom stereocenters. The molecule has 0 saturated carbocycles. The molecule has 310 valence electrons. The third-order valence-corrected chi connectivity index (χ3v) is 9.30. The Bertz CT molecular complexity index is 1070. The third-order valence-electron chi connectivity index (χ3n) is 9.30. The monoisotopic (exact) mass is 758 g/mol. The molecule has 0 heterocycles. The largest absolute Gasteiger partial charge is 0.544 e. The van der Waals surface area contributed by atoms with Gasteiger partial charge in [0, 0.05) is 19.3 Å². The quantitative estimate of drug-likeness (QED) is 0.0269. The van der Waals surface area contributed by atoms with Gasteiger partial charge >= 0.3 is 11.9 Å². The average molecular weight is 758 g/mol. The number of ether oxygens (including phenoxy) is 3. The number of carbonyl (C=O) groups is 3. The smallest absolute Gasteiger partial charge is 0.306 e. The van der Waals surface area contributed by atoms with Crippen molar-refractivity contribution in [3.05, 3.63) is 60.8 Å². The van der Waals surface area contributed by atoms with E-state index in [0.29, 0.717) is 12.8 Å². The number of likely N-dealkylation sites (N-methyl/N-ethyl adjacent to an activating group) is 1. The number of carbonyl (C=O) groups excluding carboxylic acids is 3. The molecule has 0 aromatic carbocycles. The number of esters is 2. The minimum Gasteiger partial charge on any atom is -0.544 e. The lowest BCUT2D eigenvalue weighted by atomic mass is 10.0. The number of rotatable bonds is 37. The molecule has 0 radical (unpaired) electrons. The van der Waals surface area contributed by atoms with Crippen molar-refractivity contribution >= 4 is 17.9 Å². The van der Waals surface area contributed by atoms with Crippen molar-refractivity contribution in [2.24, 2.45) is 0 Å². The molecular weight excluding hydrogens is 679 g/mol. The number of allylic oxidation sites excluding steroid dienone is 10.